The van der Waals surface area contributed by atoms with E-state index >= 15 is 0 Å². The largest absolute Gasteiger partial charge is 0.455 e. The van der Waals surface area contributed by atoms with Crippen molar-refractivity contribution >= 4 is 6.09 Å². The van der Waals surface area contributed by atoms with Crippen molar-refractivity contribution in [2.75, 3.05) is 7.05 Å². The number of hydrogen-bond donors (Lipinski definition) is 1. The summed E-state index contributed by atoms with van der Waals surface area (Å²) in [6.07, 6.45) is 3.09. The van der Waals surface area contributed by atoms with E-state index in [9.17, 15) is 4.79 Å². The van der Waals surface area contributed by atoms with Crippen molar-refractivity contribution in [1.29, 1.82) is 5.26 Å². The highest BCUT2D eigenvalue weighted by molar-refractivity contribution is 5.67. The van der Waals surface area contributed by atoms with Crippen LogP contribution in [0.4, 0.5) is 4.79 Å². The Labute approximate surface area is 167 Å². The molecule has 1 amide bonds. The van der Waals surface area contributed by atoms with Crippen molar-refractivity contribution < 1.29 is 14.3 Å². The molecule has 0 saturated heterocycles. The van der Waals surface area contributed by atoms with E-state index in [1.165, 1.54) is 7.05 Å². The van der Waals surface area contributed by atoms with E-state index in [1.54, 1.807) is 12.3 Å². The Morgan fingerprint density at radius 1 is 1.21 bits per heavy atom. The molecule has 2 heterocycles. The van der Waals surface area contributed by atoms with Gasteiger partial charge in [0.05, 0.1) is 17.3 Å². The molecule has 0 atom stereocenters. The number of benzene rings is 1. The van der Waals surface area contributed by atoms with Gasteiger partial charge in [0.1, 0.15) is 17.1 Å². The molecule has 6 heteroatoms. The fraction of sp³-hybridized carbons (Fsp3) is 0.409. The molecule has 0 saturated carbocycles. The lowest BCUT2D eigenvalue weighted by Crippen LogP contribution is -2.30. The second kappa shape index (κ2) is 10.9. The van der Waals surface area contributed by atoms with Crippen LogP contribution in [0.1, 0.15) is 51.4 Å². The zero-order valence-electron chi connectivity index (χ0n) is 17.5. The average Bonchev–Trinajstić information content (AvgIpc) is 2.87. The fourth-order valence-corrected chi connectivity index (χ4v) is 2.35. The average molecular weight is 383 g/mol. The third-order valence-corrected chi connectivity index (χ3v) is 3.49. The number of carbonyl (C=O) groups excluding carboxylic acids is 1. The lowest BCUT2D eigenvalue weighted by Gasteiger charge is -2.18. The fourth-order valence-electron chi connectivity index (χ4n) is 2.35. The molecule has 0 aliphatic carbocycles. The minimum absolute atomic E-state index is 0.387. The Kier molecular flexibility index (Phi) is 8.97. The van der Waals surface area contributed by atoms with E-state index in [1.807, 2.05) is 58.9 Å². The van der Waals surface area contributed by atoms with Crippen molar-refractivity contribution in [1.82, 2.24) is 10.3 Å². The van der Waals surface area contributed by atoms with Gasteiger partial charge in [-0.05, 0) is 69.5 Å². The monoisotopic (exact) mass is 383 g/mol. The third kappa shape index (κ3) is 7.28. The molecule has 6 nitrogen and oxygen atoms in total. The number of carbonyl (C=O) groups is 1. The summed E-state index contributed by atoms with van der Waals surface area (Å²) in [6, 6.07) is 11.5. The first-order valence-electron chi connectivity index (χ1n) is 9.38. The normalized spacial score (nSPS) is 11.3. The molecule has 1 aromatic heterocycles. The molecule has 1 aliphatic rings. The van der Waals surface area contributed by atoms with Crippen LogP contribution in [0.3, 0.4) is 0 Å². The SMILES string of the molecule is CC.CNC(=O)OC(C)(C)C.N#Cc1ccc2c(c1)CCc1ncccc1O2. The number of nitrogens with one attached hydrogen (secondary N) is 1. The number of rotatable bonds is 0. The molecular weight excluding hydrogens is 354 g/mol. The Morgan fingerprint density at radius 3 is 2.50 bits per heavy atom. The maximum atomic E-state index is 10.5. The van der Waals surface area contributed by atoms with Crippen LogP contribution in [0.25, 0.3) is 0 Å². The number of pyridine rings is 1. The van der Waals surface area contributed by atoms with Crippen LogP contribution in [0, 0.1) is 11.3 Å². The van der Waals surface area contributed by atoms with Gasteiger partial charge in [0.15, 0.2) is 0 Å². The number of aryl methyl sites for hydroxylation is 2. The summed E-state index contributed by atoms with van der Waals surface area (Å²) in [4.78, 5) is 14.8. The molecule has 3 rings (SSSR count). The molecule has 2 aromatic rings. The van der Waals surface area contributed by atoms with E-state index in [0.29, 0.717) is 5.56 Å². The van der Waals surface area contributed by atoms with Gasteiger partial charge in [-0.1, -0.05) is 13.8 Å². The first-order valence-corrected chi connectivity index (χ1v) is 9.38. The van der Waals surface area contributed by atoms with Crippen LogP contribution >= 0.6 is 0 Å². The number of alkyl carbamates (subject to hydrolysis) is 1. The van der Waals surface area contributed by atoms with Crippen LogP contribution < -0.4 is 10.1 Å². The number of amides is 1. The molecular formula is C22H29N3O3. The van der Waals surface area contributed by atoms with Crippen molar-refractivity contribution in [2.24, 2.45) is 0 Å². The molecule has 1 aliphatic heterocycles. The summed E-state index contributed by atoms with van der Waals surface area (Å²) < 4.78 is 10.7. The van der Waals surface area contributed by atoms with Crippen LogP contribution in [-0.2, 0) is 17.6 Å². The second-order valence-electron chi connectivity index (χ2n) is 6.74. The van der Waals surface area contributed by atoms with Crippen LogP contribution in [0.2, 0.25) is 0 Å². The number of nitriles is 1. The summed E-state index contributed by atoms with van der Waals surface area (Å²) in [5.41, 5.74) is 2.33. The molecule has 0 unspecified atom stereocenters. The highest BCUT2D eigenvalue weighted by Gasteiger charge is 2.15. The molecule has 0 spiro atoms. The zero-order valence-corrected chi connectivity index (χ0v) is 17.5. The summed E-state index contributed by atoms with van der Waals surface area (Å²) in [5.74, 6) is 1.65. The van der Waals surface area contributed by atoms with Crippen molar-refractivity contribution in [2.45, 2.75) is 53.1 Å². The molecule has 0 fully saturated rings. The molecule has 0 radical (unpaired) electrons. The zero-order chi connectivity index (χ0) is 21.2. The summed E-state index contributed by atoms with van der Waals surface area (Å²) in [6.45, 7) is 9.47. The third-order valence-electron chi connectivity index (χ3n) is 3.49. The number of hydrogen-bond acceptors (Lipinski definition) is 5. The van der Waals surface area contributed by atoms with E-state index in [4.69, 9.17) is 14.7 Å². The van der Waals surface area contributed by atoms with E-state index in [0.717, 1.165) is 35.6 Å². The summed E-state index contributed by atoms with van der Waals surface area (Å²) in [7, 11) is 1.54. The lowest BCUT2D eigenvalue weighted by molar-refractivity contribution is 0.0541. The van der Waals surface area contributed by atoms with Crippen molar-refractivity contribution in [3.63, 3.8) is 0 Å². The van der Waals surface area contributed by atoms with Gasteiger partial charge >= 0.3 is 6.09 Å². The van der Waals surface area contributed by atoms with Gasteiger partial charge in [-0.2, -0.15) is 5.26 Å². The predicted molar refractivity (Wildman–Crippen MR) is 110 cm³/mol. The molecule has 1 aromatic carbocycles. The maximum absolute atomic E-state index is 10.5. The van der Waals surface area contributed by atoms with Crippen LogP contribution in [0.15, 0.2) is 36.5 Å². The first-order chi connectivity index (χ1) is 13.3. The molecule has 28 heavy (non-hydrogen) atoms. The van der Waals surface area contributed by atoms with Gasteiger partial charge in [-0.25, -0.2) is 4.79 Å². The van der Waals surface area contributed by atoms with E-state index < -0.39 is 0 Å². The molecule has 1 N–H and O–H groups in total. The number of fused-ring (bicyclic) bond motifs is 2. The van der Waals surface area contributed by atoms with E-state index in [2.05, 4.69) is 16.4 Å². The smallest absolute Gasteiger partial charge is 0.407 e. The van der Waals surface area contributed by atoms with Gasteiger partial charge in [0.25, 0.3) is 0 Å². The Hall–Kier alpha value is -3.07. The van der Waals surface area contributed by atoms with E-state index in [-0.39, 0.29) is 11.7 Å². The predicted octanol–water partition coefficient (Wildman–Crippen LogP) is 5.01. The summed E-state index contributed by atoms with van der Waals surface area (Å²) in [5, 5.41) is 11.2. The Bertz CT molecular complexity index is 821. The number of ether oxygens (including phenoxy) is 2. The number of aromatic nitrogens is 1. The Morgan fingerprint density at radius 2 is 1.93 bits per heavy atom. The topological polar surface area (TPSA) is 84.2 Å². The number of nitrogens with zero attached hydrogens (tertiary/aromatic N) is 2. The van der Waals surface area contributed by atoms with Crippen molar-refractivity contribution in [3.8, 4) is 17.6 Å². The first kappa shape index (κ1) is 23.0. The highest BCUT2D eigenvalue weighted by Crippen LogP contribution is 2.32. The Balaban J connectivity index is 0.000000306. The van der Waals surface area contributed by atoms with Gasteiger partial charge in [-0.3, -0.25) is 4.98 Å². The summed E-state index contributed by atoms with van der Waals surface area (Å²) >= 11 is 0. The highest BCUT2D eigenvalue weighted by atomic mass is 16.6. The second-order valence-corrected chi connectivity index (χ2v) is 6.74. The standard InChI is InChI=1S/C14H10N2O.C6H13NO2.C2H6/c15-9-10-3-6-13-11(8-10)4-5-12-14(17-13)2-1-7-16-12;1-6(2,3)9-5(8)7-4;1-2/h1-3,6-8H,4-5H2;1-4H3,(H,7,8);1-2H3. The van der Waals surface area contributed by atoms with Gasteiger partial charge in [0.2, 0.25) is 0 Å². The molecule has 150 valence electrons. The maximum Gasteiger partial charge on any atom is 0.407 e. The molecule has 0 bridgehead atoms. The quantitative estimate of drug-likeness (QED) is 0.691. The van der Waals surface area contributed by atoms with Crippen LogP contribution in [0.5, 0.6) is 11.5 Å². The van der Waals surface area contributed by atoms with Gasteiger partial charge < -0.3 is 14.8 Å². The lowest BCUT2D eigenvalue weighted by atomic mass is 10.1. The van der Waals surface area contributed by atoms with Crippen molar-refractivity contribution in [3.05, 3.63) is 53.3 Å². The van der Waals surface area contributed by atoms with Crippen LogP contribution in [-0.4, -0.2) is 23.7 Å². The van der Waals surface area contributed by atoms with Gasteiger partial charge in [0, 0.05) is 13.2 Å². The van der Waals surface area contributed by atoms with Gasteiger partial charge in [-0.15, -0.1) is 0 Å². The minimum Gasteiger partial charge on any atom is -0.455 e. The minimum atomic E-state index is -0.389.